The quantitative estimate of drug-likeness (QED) is 0.529. The molecule has 0 amide bonds. The molecule has 0 saturated heterocycles. The van der Waals surface area contributed by atoms with E-state index < -0.39 is 0 Å². The zero-order valence-corrected chi connectivity index (χ0v) is 14.1. The van der Waals surface area contributed by atoms with E-state index in [1.54, 1.807) is 0 Å². The van der Waals surface area contributed by atoms with E-state index >= 15 is 0 Å². The Morgan fingerprint density at radius 1 is 0.565 bits per heavy atom. The largest absolute Gasteiger partial charge is 0.338 e. The molecule has 0 saturated carbocycles. The Labute approximate surface area is 144 Å². The lowest BCUT2D eigenvalue weighted by Crippen LogP contribution is -2.36. The van der Waals surface area contributed by atoms with Crippen LogP contribution in [0.2, 0.25) is 0 Å². The number of nitrogens with zero attached hydrogens (tertiary/aromatic N) is 1. The molecule has 0 spiro atoms. The van der Waals surface area contributed by atoms with E-state index in [9.17, 15) is 0 Å². The van der Waals surface area contributed by atoms with Crippen molar-refractivity contribution < 1.29 is 0 Å². The van der Waals surface area contributed by atoms with Gasteiger partial charge in [0.1, 0.15) is 10.7 Å². The zero-order chi connectivity index (χ0) is 15.2. The Kier molecular flexibility index (Phi) is 3.17. The van der Waals surface area contributed by atoms with Crippen molar-refractivity contribution in [2.24, 2.45) is 0 Å². The maximum Gasteiger partial charge on any atom is 0.108 e. The third-order valence-corrected chi connectivity index (χ3v) is 7.07. The van der Waals surface area contributed by atoms with Crippen molar-refractivity contribution in [3.63, 3.8) is 0 Å². The predicted molar refractivity (Wildman–Crippen MR) is 99.0 cm³/mol. The second kappa shape index (κ2) is 5.36. The van der Waals surface area contributed by atoms with Gasteiger partial charge in [0.05, 0.1) is 0 Å². The second-order valence-electron chi connectivity index (χ2n) is 5.76. The van der Waals surface area contributed by atoms with Gasteiger partial charge in [0.25, 0.3) is 0 Å². The lowest BCUT2D eigenvalue weighted by atomic mass is 10.1. The van der Waals surface area contributed by atoms with Crippen molar-refractivity contribution in [1.29, 1.82) is 0 Å². The minimum atomic E-state index is 0.342. The van der Waals surface area contributed by atoms with Gasteiger partial charge < -0.3 is 4.90 Å². The second-order valence-corrected chi connectivity index (χ2v) is 8.00. The summed E-state index contributed by atoms with van der Waals surface area (Å²) in [5, 5.41) is 0.685. The van der Waals surface area contributed by atoms with Gasteiger partial charge >= 0.3 is 0 Å². The number of para-hydroxylation sites is 1. The fraction of sp³-hybridized carbons (Fsp3) is 0.100. The molecular formula is C20H15NS2. The van der Waals surface area contributed by atoms with Crippen LogP contribution in [0.25, 0.3) is 0 Å². The molecule has 2 aliphatic heterocycles. The highest BCUT2D eigenvalue weighted by atomic mass is 32.2. The summed E-state index contributed by atoms with van der Waals surface area (Å²) in [6, 6.07) is 28.5. The SMILES string of the molecule is c1ccc(N2[C@@H]3Sc4ccccc4[C@H]2Sc2ccccc23)cc1. The first-order chi connectivity index (χ1) is 11.4. The monoisotopic (exact) mass is 333 g/mol. The van der Waals surface area contributed by atoms with Crippen molar-refractivity contribution in [1.82, 2.24) is 0 Å². The van der Waals surface area contributed by atoms with Gasteiger partial charge in [-0.15, -0.1) is 0 Å². The van der Waals surface area contributed by atoms with Crippen LogP contribution in [0.15, 0.2) is 88.7 Å². The van der Waals surface area contributed by atoms with Crippen molar-refractivity contribution in [2.45, 2.75) is 20.5 Å². The lowest BCUT2D eigenvalue weighted by Gasteiger charge is -2.47. The van der Waals surface area contributed by atoms with Crippen molar-refractivity contribution in [3.05, 3.63) is 90.0 Å². The van der Waals surface area contributed by atoms with Crippen LogP contribution >= 0.6 is 23.5 Å². The molecule has 3 aromatic rings. The van der Waals surface area contributed by atoms with Crippen LogP contribution in [0, 0.1) is 0 Å². The zero-order valence-electron chi connectivity index (χ0n) is 12.4. The number of thioether (sulfide) groups is 2. The van der Waals surface area contributed by atoms with Crippen LogP contribution in [-0.2, 0) is 0 Å². The number of hydrogen-bond acceptors (Lipinski definition) is 3. The van der Waals surface area contributed by atoms with Crippen LogP contribution in [0.4, 0.5) is 5.69 Å². The molecular weight excluding hydrogens is 318 g/mol. The van der Waals surface area contributed by atoms with E-state index in [0.717, 1.165) is 0 Å². The van der Waals surface area contributed by atoms with Crippen LogP contribution < -0.4 is 4.90 Å². The van der Waals surface area contributed by atoms with Gasteiger partial charge in [-0.3, -0.25) is 0 Å². The van der Waals surface area contributed by atoms with E-state index in [4.69, 9.17) is 0 Å². The third kappa shape index (κ3) is 2.11. The fourth-order valence-corrected chi connectivity index (χ4v) is 6.39. The average molecular weight is 333 g/mol. The first-order valence-electron chi connectivity index (χ1n) is 7.76. The van der Waals surface area contributed by atoms with Crippen LogP contribution in [0.1, 0.15) is 21.9 Å². The summed E-state index contributed by atoms with van der Waals surface area (Å²) in [6.07, 6.45) is 0. The van der Waals surface area contributed by atoms with Gasteiger partial charge in [-0.25, -0.2) is 0 Å². The summed E-state index contributed by atoms with van der Waals surface area (Å²) in [4.78, 5) is 5.40. The molecule has 0 N–H and O–H groups in total. The molecule has 112 valence electrons. The van der Waals surface area contributed by atoms with E-state index in [-0.39, 0.29) is 0 Å². The standard InChI is InChI=1S/C20H15NS2/c1-2-8-14(9-3-1)21-19-15-10-4-6-12-17(15)22-20(21)16-11-5-7-13-18(16)23-19/h1-13,19-20H/t19-,20-/m1/s1. The number of rotatable bonds is 1. The topological polar surface area (TPSA) is 3.24 Å². The van der Waals surface area contributed by atoms with Gasteiger partial charge in [0, 0.05) is 15.5 Å². The minimum Gasteiger partial charge on any atom is -0.338 e. The molecule has 0 aliphatic carbocycles. The third-order valence-electron chi connectivity index (χ3n) is 4.41. The highest BCUT2D eigenvalue weighted by Crippen LogP contribution is 2.61. The first kappa shape index (κ1) is 13.6. The molecule has 2 bridgehead atoms. The summed E-state index contributed by atoms with van der Waals surface area (Å²) in [7, 11) is 0. The Morgan fingerprint density at radius 2 is 1.04 bits per heavy atom. The normalized spacial score (nSPS) is 21.5. The van der Waals surface area contributed by atoms with Crippen molar-refractivity contribution in [2.75, 3.05) is 4.90 Å². The highest BCUT2D eigenvalue weighted by Gasteiger charge is 2.41. The van der Waals surface area contributed by atoms with E-state index in [2.05, 4.69) is 83.8 Å². The van der Waals surface area contributed by atoms with Crippen molar-refractivity contribution in [3.8, 4) is 0 Å². The minimum absolute atomic E-state index is 0.342. The average Bonchev–Trinajstić information content (AvgIpc) is 2.62. The number of benzene rings is 3. The van der Waals surface area contributed by atoms with Gasteiger partial charge in [0.15, 0.2) is 0 Å². The Bertz CT molecular complexity index is 809. The van der Waals surface area contributed by atoms with Gasteiger partial charge in [-0.05, 0) is 35.4 Å². The van der Waals surface area contributed by atoms with Gasteiger partial charge in [-0.1, -0.05) is 78.1 Å². The molecule has 3 aromatic carbocycles. The summed E-state index contributed by atoms with van der Waals surface area (Å²) in [5.74, 6) is 0. The molecule has 3 heteroatoms. The summed E-state index contributed by atoms with van der Waals surface area (Å²) in [6.45, 7) is 0. The molecule has 0 unspecified atom stereocenters. The fourth-order valence-electron chi connectivity index (χ4n) is 3.36. The van der Waals surface area contributed by atoms with Gasteiger partial charge in [-0.2, -0.15) is 0 Å². The van der Waals surface area contributed by atoms with Gasteiger partial charge in [0.2, 0.25) is 0 Å². The Morgan fingerprint density at radius 3 is 1.61 bits per heavy atom. The molecule has 2 aliphatic rings. The molecule has 5 rings (SSSR count). The maximum absolute atomic E-state index is 2.57. The molecule has 23 heavy (non-hydrogen) atoms. The Balaban J connectivity index is 1.73. The van der Waals surface area contributed by atoms with Crippen molar-refractivity contribution >= 4 is 29.2 Å². The van der Waals surface area contributed by atoms with E-state index in [1.807, 2.05) is 23.5 Å². The number of hydrogen-bond donors (Lipinski definition) is 0. The predicted octanol–water partition coefficient (Wildman–Crippen LogP) is 6.10. The maximum atomic E-state index is 2.57. The summed E-state index contributed by atoms with van der Waals surface area (Å²) < 4.78 is 0. The lowest BCUT2D eigenvalue weighted by molar-refractivity contribution is 0.715. The summed E-state index contributed by atoms with van der Waals surface area (Å²) >= 11 is 3.94. The van der Waals surface area contributed by atoms with E-state index in [1.165, 1.54) is 26.6 Å². The highest BCUT2D eigenvalue weighted by molar-refractivity contribution is 8.02. The summed E-state index contributed by atoms with van der Waals surface area (Å²) in [5.41, 5.74) is 4.15. The molecule has 2 atom stereocenters. The number of anilines is 1. The number of fused-ring (bicyclic) bond motifs is 6. The molecule has 0 radical (unpaired) electrons. The molecule has 0 aromatic heterocycles. The molecule has 2 heterocycles. The van der Waals surface area contributed by atoms with Crippen LogP contribution in [0.5, 0.6) is 0 Å². The van der Waals surface area contributed by atoms with E-state index in [0.29, 0.717) is 10.7 Å². The Hall–Kier alpha value is -1.84. The van der Waals surface area contributed by atoms with Crippen LogP contribution in [-0.4, -0.2) is 0 Å². The van der Waals surface area contributed by atoms with Crippen LogP contribution in [0.3, 0.4) is 0 Å². The first-order valence-corrected chi connectivity index (χ1v) is 9.52. The molecule has 0 fully saturated rings. The molecule has 1 nitrogen and oxygen atoms in total. The smallest absolute Gasteiger partial charge is 0.108 e.